The predicted octanol–water partition coefficient (Wildman–Crippen LogP) is 3.07. The molecule has 1 aromatic carbocycles. The van der Waals surface area contributed by atoms with Gasteiger partial charge in [0.25, 0.3) is 0 Å². The number of rotatable bonds is 8. The van der Waals surface area contributed by atoms with Crippen LogP contribution in [0, 0.1) is 0 Å². The lowest BCUT2D eigenvalue weighted by atomic mass is 10.1. The molecule has 1 aliphatic rings. The third kappa shape index (κ3) is 6.19. The molecule has 2 aromatic rings. The van der Waals surface area contributed by atoms with E-state index in [4.69, 9.17) is 4.52 Å². The van der Waals surface area contributed by atoms with Gasteiger partial charge in [0.2, 0.25) is 10.0 Å². The fraction of sp³-hybridized carbons (Fsp3) is 0.524. The van der Waals surface area contributed by atoms with Gasteiger partial charge in [-0.3, -0.25) is 4.99 Å². The second-order valence-corrected chi connectivity index (χ2v) is 9.21. The van der Waals surface area contributed by atoms with Crippen LogP contribution in [0.15, 0.2) is 38.7 Å². The SMILES string of the molecule is CCc1noc(CC)c1CNC(=NC)NCc1ccc(S(=O)(=O)N2CCCC2)cc1.I. The van der Waals surface area contributed by atoms with Crippen LogP contribution in [0.25, 0.3) is 0 Å². The van der Waals surface area contributed by atoms with Gasteiger partial charge in [0.15, 0.2) is 5.96 Å². The second kappa shape index (κ2) is 11.8. The minimum Gasteiger partial charge on any atom is -0.361 e. The first kappa shape index (κ1) is 25.6. The molecule has 1 saturated heterocycles. The van der Waals surface area contributed by atoms with Crippen LogP contribution < -0.4 is 10.6 Å². The van der Waals surface area contributed by atoms with Gasteiger partial charge in [-0.2, -0.15) is 4.31 Å². The Labute approximate surface area is 201 Å². The molecule has 8 nitrogen and oxygen atoms in total. The van der Waals surface area contributed by atoms with Crippen molar-refractivity contribution in [3.63, 3.8) is 0 Å². The highest BCUT2D eigenvalue weighted by Crippen LogP contribution is 2.21. The summed E-state index contributed by atoms with van der Waals surface area (Å²) < 4.78 is 32.2. The summed E-state index contributed by atoms with van der Waals surface area (Å²) in [6.07, 6.45) is 3.48. The maximum atomic E-state index is 12.6. The molecule has 0 amide bonds. The summed E-state index contributed by atoms with van der Waals surface area (Å²) in [5.74, 6) is 1.55. The number of halogens is 1. The molecule has 2 N–H and O–H groups in total. The predicted molar refractivity (Wildman–Crippen MR) is 132 cm³/mol. The molecule has 172 valence electrons. The second-order valence-electron chi connectivity index (χ2n) is 7.27. The molecule has 0 radical (unpaired) electrons. The van der Waals surface area contributed by atoms with Crippen LogP contribution in [-0.4, -0.2) is 44.0 Å². The normalized spacial score (nSPS) is 15.0. The van der Waals surface area contributed by atoms with E-state index in [9.17, 15) is 8.42 Å². The van der Waals surface area contributed by atoms with Crippen molar-refractivity contribution >= 4 is 40.0 Å². The van der Waals surface area contributed by atoms with E-state index < -0.39 is 10.0 Å². The van der Waals surface area contributed by atoms with Crippen molar-refractivity contribution < 1.29 is 12.9 Å². The number of nitrogens with one attached hydrogen (secondary N) is 2. The lowest BCUT2D eigenvalue weighted by Gasteiger charge is -2.16. The van der Waals surface area contributed by atoms with Crippen LogP contribution in [0.5, 0.6) is 0 Å². The molecule has 1 fully saturated rings. The highest BCUT2D eigenvalue weighted by molar-refractivity contribution is 14.0. The molecule has 0 aliphatic carbocycles. The molecular formula is C21H32IN5O3S. The molecular weight excluding hydrogens is 529 g/mol. The number of aryl methyl sites for hydroxylation is 2. The van der Waals surface area contributed by atoms with Gasteiger partial charge in [0.1, 0.15) is 5.76 Å². The zero-order chi connectivity index (χ0) is 21.6. The molecule has 0 spiro atoms. The van der Waals surface area contributed by atoms with E-state index in [2.05, 4.69) is 27.7 Å². The van der Waals surface area contributed by atoms with Crippen LogP contribution in [0.2, 0.25) is 0 Å². The number of aliphatic imine (C=N–C) groups is 1. The van der Waals surface area contributed by atoms with Gasteiger partial charge >= 0.3 is 0 Å². The number of hydrogen-bond donors (Lipinski definition) is 2. The number of benzene rings is 1. The quantitative estimate of drug-likeness (QED) is 0.292. The molecule has 2 heterocycles. The molecule has 3 rings (SSSR count). The fourth-order valence-corrected chi connectivity index (χ4v) is 5.09. The van der Waals surface area contributed by atoms with Crippen molar-refractivity contribution in [1.82, 2.24) is 20.1 Å². The average Bonchev–Trinajstić information content (AvgIpc) is 3.44. The van der Waals surface area contributed by atoms with Crippen molar-refractivity contribution in [2.24, 2.45) is 4.99 Å². The molecule has 31 heavy (non-hydrogen) atoms. The Kier molecular flexibility index (Phi) is 9.76. The van der Waals surface area contributed by atoms with E-state index >= 15 is 0 Å². The summed E-state index contributed by atoms with van der Waals surface area (Å²) in [4.78, 5) is 4.61. The van der Waals surface area contributed by atoms with Crippen LogP contribution in [-0.2, 0) is 36.0 Å². The standard InChI is InChI=1S/C21H31N5O3S.HI/c1-4-19-18(20(5-2)29-25-19)15-24-21(22-3)23-14-16-8-10-17(11-9-16)30(27,28)26-12-6-7-13-26;/h8-11H,4-7,12-15H2,1-3H3,(H2,22,23,24);1H. The summed E-state index contributed by atoms with van der Waals surface area (Å²) in [7, 11) is -1.66. The molecule has 10 heteroatoms. The van der Waals surface area contributed by atoms with Crippen molar-refractivity contribution in [2.75, 3.05) is 20.1 Å². The van der Waals surface area contributed by atoms with Crippen LogP contribution >= 0.6 is 24.0 Å². The third-order valence-electron chi connectivity index (χ3n) is 5.35. The maximum Gasteiger partial charge on any atom is 0.243 e. The molecule has 0 atom stereocenters. The highest BCUT2D eigenvalue weighted by atomic mass is 127. The van der Waals surface area contributed by atoms with Crippen LogP contribution in [0.1, 0.15) is 49.3 Å². The Bertz CT molecular complexity index is 946. The zero-order valence-electron chi connectivity index (χ0n) is 18.3. The summed E-state index contributed by atoms with van der Waals surface area (Å²) in [5.41, 5.74) is 3.02. The van der Waals surface area contributed by atoms with Crippen molar-refractivity contribution in [3.8, 4) is 0 Å². The minimum atomic E-state index is -3.38. The smallest absolute Gasteiger partial charge is 0.243 e. The lowest BCUT2D eigenvalue weighted by Crippen LogP contribution is -2.36. The first-order chi connectivity index (χ1) is 14.5. The van der Waals surface area contributed by atoms with Gasteiger partial charge in [-0.15, -0.1) is 24.0 Å². The van der Waals surface area contributed by atoms with Gasteiger partial charge in [0.05, 0.1) is 10.6 Å². The van der Waals surface area contributed by atoms with Gasteiger partial charge in [0, 0.05) is 45.2 Å². The van der Waals surface area contributed by atoms with E-state index in [1.807, 2.05) is 19.1 Å². The fourth-order valence-electron chi connectivity index (χ4n) is 3.57. The van der Waals surface area contributed by atoms with E-state index in [0.29, 0.717) is 37.0 Å². The Morgan fingerprint density at radius 1 is 1.10 bits per heavy atom. The molecule has 0 unspecified atom stereocenters. The van der Waals surface area contributed by atoms with E-state index in [0.717, 1.165) is 48.3 Å². The van der Waals surface area contributed by atoms with Gasteiger partial charge in [-0.1, -0.05) is 31.1 Å². The molecule has 0 bridgehead atoms. The number of hydrogen-bond acceptors (Lipinski definition) is 5. The van der Waals surface area contributed by atoms with Crippen molar-refractivity contribution in [2.45, 2.75) is 57.5 Å². The molecule has 1 aliphatic heterocycles. The summed E-state index contributed by atoms with van der Waals surface area (Å²) in [6.45, 7) is 6.45. The highest BCUT2D eigenvalue weighted by Gasteiger charge is 2.26. The third-order valence-corrected chi connectivity index (χ3v) is 7.26. The van der Waals surface area contributed by atoms with Crippen molar-refractivity contribution in [3.05, 3.63) is 46.8 Å². The Morgan fingerprint density at radius 3 is 2.32 bits per heavy atom. The van der Waals surface area contributed by atoms with Gasteiger partial charge < -0.3 is 15.2 Å². The molecule has 0 saturated carbocycles. The maximum absolute atomic E-state index is 12.6. The molecule has 1 aromatic heterocycles. The summed E-state index contributed by atoms with van der Waals surface area (Å²) in [6, 6.07) is 7.04. The Morgan fingerprint density at radius 2 is 1.74 bits per heavy atom. The number of nitrogens with zero attached hydrogens (tertiary/aromatic N) is 3. The first-order valence-electron chi connectivity index (χ1n) is 10.5. The number of sulfonamides is 1. The summed E-state index contributed by atoms with van der Waals surface area (Å²) in [5, 5.41) is 10.7. The van der Waals surface area contributed by atoms with E-state index in [-0.39, 0.29) is 24.0 Å². The van der Waals surface area contributed by atoms with Crippen LogP contribution in [0.3, 0.4) is 0 Å². The largest absolute Gasteiger partial charge is 0.361 e. The monoisotopic (exact) mass is 561 g/mol. The average molecular weight is 561 g/mol. The van der Waals surface area contributed by atoms with E-state index in [1.54, 1.807) is 23.5 Å². The topological polar surface area (TPSA) is 99.8 Å². The minimum absolute atomic E-state index is 0. The summed E-state index contributed by atoms with van der Waals surface area (Å²) >= 11 is 0. The first-order valence-corrected chi connectivity index (χ1v) is 11.9. The zero-order valence-corrected chi connectivity index (χ0v) is 21.5. The lowest BCUT2D eigenvalue weighted by molar-refractivity contribution is 0.380. The van der Waals surface area contributed by atoms with E-state index in [1.165, 1.54) is 0 Å². The van der Waals surface area contributed by atoms with Crippen LogP contribution in [0.4, 0.5) is 0 Å². The Balaban J connectivity index is 0.00000341. The van der Waals surface area contributed by atoms with Crippen molar-refractivity contribution in [1.29, 1.82) is 0 Å². The van der Waals surface area contributed by atoms with Gasteiger partial charge in [-0.25, -0.2) is 8.42 Å². The van der Waals surface area contributed by atoms with Gasteiger partial charge in [-0.05, 0) is 37.0 Å². The number of aromatic nitrogens is 1. The number of guanidine groups is 1. The Hall–Kier alpha value is -1.66.